The predicted octanol–water partition coefficient (Wildman–Crippen LogP) is 0.117. The van der Waals surface area contributed by atoms with E-state index in [1.165, 1.54) is 0 Å². The Kier molecular flexibility index (Phi) is 8.61. The molecule has 5 heteroatoms. The molecule has 1 unspecified atom stereocenters. The molecule has 2 N–H and O–H groups in total. The smallest absolute Gasteiger partial charge is 0.233 e. The van der Waals surface area contributed by atoms with Crippen LogP contribution in [0.15, 0.2) is 0 Å². The summed E-state index contributed by atoms with van der Waals surface area (Å²) in [6, 6.07) is 0. The number of nitrogens with one attached hydrogen (secondary N) is 2. The maximum absolute atomic E-state index is 11.2. The third kappa shape index (κ3) is 9.87. The molecule has 0 heterocycles. The summed E-state index contributed by atoms with van der Waals surface area (Å²) in [6.07, 6.45) is 0. The van der Waals surface area contributed by atoms with Crippen LogP contribution < -0.4 is 10.6 Å². The quantitative estimate of drug-likeness (QED) is 0.586. The minimum atomic E-state index is -0.747. The highest BCUT2D eigenvalue weighted by Gasteiger charge is 2.01. The van der Waals surface area contributed by atoms with Gasteiger partial charge in [0.1, 0.15) is 0 Å². The fraction of sp³-hybridized carbons (Fsp3) is 0.900. The molecular weight excluding hydrogens is 212 g/mol. The molecular formula is C10H22N2O2S. The lowest BCUT2D eigenvalue weighted by Gasteiger charge is -2.08. The summed E-state index contributed by atoms with van der Waals surface area (Å²) in [5, 5.41) is 5.78. The van der Waals surface area contributed by atoms with Crippen molar-refractivity contribution in [3.8, 4) is 0 Å². The molecule has 4 nitrogen and oxygen atoms in total. The van der Waals surface area contributed by atoms with Gasteiger partial charge in [-0.15, -0.1) is 0 Å². The van der Waals surface area contributed by atoms with E-state index >= 15 is 0 Å². The molecule has 0 saturated heterocycles. The van der Waals surface area contributed by atoms with E-state index in [2.05, 4.69) is 24.5 Å². The third-order valence-corrected chi connectivity index (χ3v) is 3.12. The Labute approximate surface area is 94.7 Å². The van der Waals surface area contributed by atoms with Crippen molar-refractivity contribution in [1.29, 1.82) is 0 Å². The van der Waals surface area contributed by atoms with Gasteiger partial charge >= 0.3 is 0 Å². The highest BCUT2D eigenvalue weighted by atomic mass is 32.2. The normalized spacial score (nSPS) is 12.8. The number of carbonyl (C=O) groups is 1. The zero-order valence-electron chi connectivity index (χ0n) is 9.84. The molecule has 0 aromatic carbocycles. The largest absolute Gasteiger partial charge is 0.355 e. The van der Waals surface area contributed by atoms with Crippen molar-refractivity contribution in [3.63, 3.8) is 0 Å². The summed E-state index contributed by atoms with van der Waals surface area (Å²) in [4.78, 5) is 11.2. The molecule has 0 bridgehead atoms. The van der Waals surface area contributed by atoms with Crippen LogP contribution in [-0.2, 0) is 15.6 Å². The topological polar surface area (TPSA) is 58.2 Å². The second kappa shape index (κ2) is 8.85. The summed E-state index contributed by atoms with van der Waals surface area (Å²) in [7, 11) is -0.747. The third-order valence-electron chi connectivity index (χ3n) is 1.82. The van der Waals surface area contributed by atoms with Gasteiger partial charge in [-0.2, -0.15) is 0 Å². The number of hydrogen-bond donors (Lipinski definition) is 2. The van der Waals surface area contributed by atoms with Gasteiger partial charge in [0.25, 0.3) is 0 Å². The molecule has 1 atom stereocenters. The maximum atomic E-state index is 11.2. The number of carbonyl (C=O) groups excluding carboxylic acids is 1. The summed E-state index contributed by atoms with van der Waals surface area (Å²) < 4.78 is 11.0. The van der Waals surface area contributed by atoms with Crippen LogP contribution in [0.3, 0.4) is 0 Å². The Balaban J connectivity index is 3.35. The molecule has 1 amide bonds. The monoisotopic (exact) mass is 234 g/mol. The summed E-state index contributed by atoms with van der Waals surface area (Å²) in [5.74, 6) is 1.78. The van der Waals surface area contributed by atoms with Gasteiger partial charge in [-0.3, -0.25) is 9.00 Å². The summed E-state index contributed by atoms with van der Waals surface area (Å²) >= 11 is 0. The van der Waals surface area contributed by atoms with Crippen LogP contribution in [0, 0.1) is 5.92 Å². The van der Waals surface area contributed by atoms with Gasteiger partial charge in [0, 0.05) is 35.4 Å². The zero-order valence-corrected chi connectivity index (χ0v) is 10.7. The van der Waals surface area contributed by atoms with Gasteiger partial charge in [0.15, 0.2) is 0 Å². The molecule has 0 aliphatic rings. The van der Waals surface area contributed by atoms with Gasteiger partial charge in [0.05, 0.1) is 6.54 Å². The minimum Gasteiger partial charge on any atom is -0.355 e. The van der Waals surface area contributed by atoms with Crippen molar-refractivity contribution >= 4 is 16.7 Å². The van der Waals surface area contributed by atoms with Crippen LogP contribution in [-0.4, -0.2) is 41.3 Å². The van der Waals surface area contributed by atoms with Gasteiger partial charge < -0.3 is 10.6 Å². The van der Waals surface area contributed by atoms with Crippen molar-refractivity contribution in [2.75, 3.05) is 31.1 Å². The molecule has 0 saturated carbocycles. The molecule has 0 radical (unpaired) electrons. The second-order valence-electron chi connectivity index (χ2n) is 3.81. The lowest BCUT2D eigenvalue weighted by atomic mass is 10.2. The van der Waals surface area contributed by atoms with E-state index < -0.39 is 10.8 Å². The van der Waals surface area contributed by atoms with E-state index in [9.17, 15) is 9.00 Å². The first-order valence-electron chi connectivity index (χ1n) is 5.38. The Morgan fingerprint density at radius 1 is 1.40 bits per heavy atom. The fourth-order valence-corrected chi connectivity index (χ4v) is 1.57. The summed E-state index contributed by atoms with van der Waals surface area (Å²) in [6.45, 7) is 7.66. The maximum Gasteiger partial charge on any atom is 0.233 e. The molecule has 90 valence electrons. The highest BCUT2D eigenvalue weighted by molar-refractivity contribution is 7.84. The van der Waals surface area contributed by atoms with Crippen molar-refractivity contribution in [2.24, 2.45) is 5.92 Å². The number of rotatable bonds is 8. The van der Waals surface area contributed by atoms with Crippen LogP contribution in [0.5, 0.6) is 0 Å². The van der Waals surface area contributed by atoms with E-state index in [1.807, 2.05) is 6.92 Å². The van der Waals surface area contributed by atoms with Crippen molar-refractivity contribution in [2.45, 2.75) is 20.8 Å². The highest BCUT2D eigenvalue weighted by Crippen LogP contribution is 1.86. The van der Waals surface area contributed by atoms with Crippen molar-refractivity contribution in [1.82, 2.24) is 10.6 Å². The van der Waals surface area contributed by atoms with Crippen LogP contribution in [0.4, 0.5) is 0 Å². The molecule has 0 aliphatic heterocycles. The van der Waals surface area contributed by atoms with E-state index in [0.29, 0.717) is 37.1 Å². The van der Waals surface area contributed by atoms with Crippen molar-refractivity contribution in [3.05, 3.63) is 0 Å². The molecule has 0 fully saturated rings. The van der Waals surface area contributed by atoms with Crippen LogP contribution in [0.2, 0.25) is 0 Å². The predicted molar refractivity (Wildman–Crippen MR) is 64.3 cm³/mol. The van der Waals surface area contributed by atoms with Gasteiger partial charge in [-0.25, -0.2) is 0 Å². The second-order valence-corrected chi connectivity index (χ2v) is 5.67. The van der Waals surface area contributed by atoms with Crippen LogP contribution in [0.1, 0.15) is 20.8 Å². The summed E-state index contributed by atoms with van der Waals surface area (Å²) in [5.41, 5.74) is 0. The van der Waals surface area contributed by atoms with Gasteiger partial charge in [-0.05, 0) is 5.92 Å². The Morgan fingerprint density at radius 2 is 2.07 bits per heavy atom. The molecule has 15 heavy (non-hydrogen) atoms. The van der Waals surface area contributed by atoms with Crippen LogP contribution >= 0.6 is 0 Å². The molecule has 0 aromatic rings. The van der Waals surface area contributed by atoms with Crippen molar-refractivity contribution < 1.29 is 9.00 Å². The van der Waals surface area contributed by atoms with E-state index in [1.54, 1.807) is 0 Å². The first kappa shape index (κ1) is 14.6. The van der Waals surface area contributed by atoms with E-state index in [4.69, 9.17) is 0 Å². The SMILES string of the molecule is CCS(=O)CCNCC(=O)NCC(C)C. The Hall–Kier alpha value is -0.420. The average Bonchev–Trinajstić information content (AvgIpc) is 2.21. The Morgan fingerprint density at radius 3 is 2.60 bits per heavy atom. The Bertz CT molecular complexity index is 208. The lowest BCUT2D eigenvalue weighted by molar-refractivity contribution is -0.120. The molecule has 0 aliphatic carbocycles. The molecule has 0 aromatic heterocycles. The number of amides is 1. The zero-order chi connectivity index (χ0) is 11.7. The first-order chi connectivity index (χ1) is 7.06. The van der Waals surface area contributed by atoms with Gasteiger partial charge in [-0.1, -0.05) is 20.8 Å². The van der Waals surface area contributed by atoms with Gasteiger partial charge in [0.2, 0.25) is 5.91 Å². The number of hydrogen-bond acceptors (Lipinski definition) is 3. The molecule has 0 spiro atoms. The lowest BCUT2D eigenvalue weighted by Crippen LogP contribution is -2.37. The fourth-order valence-electron chi connectivity index (χ4n) is 0.913. The van der Waals surface area contributed by atoms with Crippen LogP contribution in [0.25, 0.3) is 0 Å². The first-order valence-corrected chi connectivity index (χ1v) is 6.87. The standard InChI is InChI=1S/C10H22N2O2S/c1-4-15(14)6-5-11-8-10(13)12-7-9(2)3/h9,11H,4-8H2,1-3H3,(H,12,13). The average molecular weight is 234 g/mol. The minimum absolute atomic E-state index is 0.00554. The van der Waals surface area contributed by atoms with E-state index in [-0.39, 0.29) is 5.91 Å². The molecule has 0 rings (SSSR count). The van der Waals surface area contributed by atoms with E-state index in [0.717, 1.165) is 0 Å².